The Bertz CT molecular complexity index is 416. The Kier molecular flexibility index (Phi) is 5.61. The van der Waals surface area contributed by atoms with Gasteiger partial charge in [-0.3, -0.25) is 4.79 Å². The van der Waals surface area contributed by atoms with E-state index in [4.69, 9.17) is 5.73 Å². The molecule has 1 amide bonds. The van der Waals surface area contributed by atoms with Crippen molar-refractivity contribution in [3.63, 3.8) is 0 Å². The number of nitrogens with one attached hydrogen (secondary N) is 1. The van der Waals surface area contributed by atoms with Gasteiger partial charge in [-0.15, -0.1) is 11.3 Å². The molecule has 1 aliphatic carbocycles. The van der Waals surface area contributed by atoms with Crippen molar-refractivity contribution in [2.75, 3.05) is 6.54 Å². The summed E-state index contributed by atoms with van der Waals surface area (Å²) in [5.74, 6) is 1.07. The van der Waals surface area contributed by atoms with Crippen LogP contribution in [0.15, 0.2) is 17.5 Å². The van der Waals surface area contributed by atoms with Crippen LogP contribution >= 0.6 is 11.3 Å². The quantitative estimate of drug-likeness (QED) is 0.875. The van der Waals surface area contributed by atoms with Gasteiger partial charge in [0, 0.05) is 10.8 Å². The zero-order valence-electron chi connectivity index (χ0n) is 12.5. The maximum absolute atomic E-state index is 12.6. The molecule has 0 aromatic carbocycles. The Labute approximate surface area is 125 Å². The molecule has 1 saturated carbocycles. The van der Waals surface area contributed by atoms with Crippen molar-refractivity contribution in [1.29, 1.82) is 0 Å². The minimum absolute atomic E-state index is 0.106. The van der Waals surface area contributed by atoms with E-state index < -0.39 is 0 Å². The maximum Gasteiger partial charge on any atom is 0.223 e. The third-order valence-corrected chi connectivity index (χ3v) is 5.32. The molecule has 1 aliphatic rings. The van der Waals surface area contributed by atoms with Gasteiger partial charge in [0.2, 0.25) is 5.91 Å². The normalized spacial score (nSPS) is 24.6. The summed E-state index contributed by atoms with van der Waals surface area (Å²) < 4.78 is 0. The molecule has 0 radical (unpaired) electrons. The lowest BCUT2D eigenvalue weighted by Gasteiger charge is -2.32. The molecule has 4 heteroatoms. The van der Waals surface area contributed by atoms with E-state index in [1.54, 1.807) is 11.3 Å². The van der Waals surface area contributed by atoms with Crippen molar-refractivity contribution in [2.45, 2.75) is 45.6 Å². The van der Waals surface area contributed by atoms with Crippen molar-refractivity contribution in [2.24, 2.45) is 23.5 Å². The second-order valence-corrected chi connectivity index (χ2v) is 7.11. The predicted molar refractivity (Wildman–Crippen MR) is 84.5 cm³/mol. The van der Waals surface area contributed by atoms with E-state index in [2.05, 4.69) is 30.6 Å². The molecule has 0 saturated heterocycles. The molecule has 1 fully saturated rings. The number of rotatable bonds is 5. The molecule has 1 aromatic heterocycles. The van der Waals surface area contributed by atoms with Gasteiger partial charge in [0.1, 0.15) is 0 Å². The Hall–Kier alpha value is -0.870. The van der Waals surface area contributed by atoms with Crippen LogP contribution in [0.3, 0.4) is 0 Å². The summed E-state index contributed by atoms with van der Waals surface area (Å²) in [4.78, 5) is 13.9. The van der Waals surface area contributed by atoms with Crippen LogP contribution in [0.5, 0.6) is 0 Å². The molecule has 3 N–H and O–H groups in total. The van der Waals surface area contributed by atoms with Crippen LogP contribution in [-0.4, -0.2) is 12.5 Å². The fourth-order valence-corrected chi connectivity index (χ4v) is 4.08. The molecule has 3 atom stereocenters. The molecule has 0 aliphatic heterocycles. The molecule has 3 unspecified atom stereocenters. The second-order valence-electron chi connectivity index (χ2n) is 6.13. The number of nitrogens with two attached hydrogens (primary N) is 1. The molecule has 1 heterocycles. The number of hydrogen-bond acceptors (Lipinski definition) is 3. The Morgan fingerprint density at radius 2 is 2.20 bits per heavy atom. The van der Waals surface area contributed by atoms with Crippen molar-refractivity contribution in [1.82, 2.24) is 5.32 Å². The zero-order valence-corrected chi connectivity index (χ0v) is 13.3. The first kappa shape index (κ1) is 15.5. The summed E-state index contributed by atoms with van der Waals surface area (Å²) >= 11 is 1.72. The molecule has 0 bridgehead atoms. The lowest BCUT2D eigenvalue weighted by atomic mass is 9.78. The molecular weight excluding hydrogens is 268 g/mol. The zero-order chi connectivity index (χ0) is 14.5. The van der Waals surface area contributed by atoms with Gasteiger partial charge in [0.05, 0.1) is 6.04 Å². The monoisotopic (exact) mass is 294 g/mol. The number of carbonyl (C=O) groups is 1. The first-order chi connectivity index (χ1) is 9.63. The molecule has 1 aromatic rings. The standard InChI is InChI=1S/C16H26N2OS/c1-11(2)15(14-8-5-9-20-14)18-16(19)13-7-4-3-6-12(13)10-17/h5,8-9,11-13,15H,3-4,6-7,10,17H2,1-2H3,(H,18,19). The van der Waals surface area contributed by atoms with Gasteiger partial charge in [-0.25, -0.2) is 0 Å². The fraction of sp³-hybridized carbons (Fsp3) is 0.688. The van der Waals surface area contributed by atoms with Gasteiger partial charge < -0.3 is 11.1 Å². The van der Waals surface area contributed by atoms with Crippen LogP contribution in [0.1, 0.15) is 50.4 Å². The van der Waals surface area contributed by atoms with E-state index in [0.717, 1.165) is 19.3 Å². The Morgan fingerprint density at radius 3 is 2.80 bits per heavy atom. The molecule has 2 rings (SSSR count). The second kappa shape index (κ2) is 7.23. The van der Waals surface area contributed by atoms with Gasteiger partial charge in [-0.1, -0.05) is 32.8 Å². The average Bonchev–Trinajstić information content (AvgIpc) is 2.97. The number of hydrogen-bond donors (Lipinski definition) is 2. The highest BCUT2D eigenvalue weighted by atomic mass is 32.1. The molecule has 0 spiro atoms. The average molecular weight is 294 g/mol. The first-order valence-electron chi connectivity index (χ1n) is 7.67. The summed E-state index contributed by atoms with van der Waals surface area (Å²) in [6, 6.07) is 4.28. The predicted octanol–water partition coefficient (Wildman–Crippen LogP) is 3.33. The lowest BCUT2D eigenvalue weighted by Crippen LogP contribution is -2.41. The van der Waals surface area contributed by atoms with Crippen LogP contribution in [-0.2, 0) is 4.79 Å². The van der Waals surface area contributed by atoms with Gasteiger partial charge in [0.25, 0.3) is 0 Å². The molecular formula is C16H26N2OS. The van der Waals surface area contributed by atoms with Gasteiger partial charge >= 0.3 is 0 Å². The summed E-state index contributed by atoms with van der Waals surface area (Å²) in [5.41, 5.74) is 5.84. The van der Waals surface area contributed by atoms with Crippen molar-refractivity contribution in [3.05, 3.63) is 22.4 Å². The van der Waals surface area contributed by atoms with E-state index in [9.17, 15) is 4.79 Å². The molecule has 3 nitrogen and oxygen atoms in total. The summed E-state index contributed by atoms with van der Waals surface area (Å²) in [5, 5.41) is 5.34. The van der Waals surface area contributed by atoms with E-state index in [-0.39, 0.29) is 17.9 Å². The van der Waals surface area contributed by atoms with Gasteiger partial charge in [-0.05, 0) is 42.7 Å². The highest BCUT2D eigenvalue weighted by Crippen LogP contribution is 2.31. The Morgan fingerprint density at radius 1 is 1.45 bits per heavy atom. The van der Waals surface area contributed by atoms with E-state index in [1.807, 2.05) is 6.07 Å². The van der Waals surface area contributed by atoms with E-state index in [0.29, 0.717) is 18.4 Å². The van der Waals surface area contributed by atoms with E-state index in [1.165, 1.54) is 11.3 Å². The van der Waals surface area contributed by atoms with Crippen molar-refractivity contribution < 1.29 is 4.79 Å². The lowest BCUT2D eigenvalue weighted by molar-refractivity contribution is -0.128. The van der Waals surface area contributed by atoms with Crippen LogP contribution in [0.25, 0.3) is 0 Å². The SMILES string of the molecule is CC(C)C(NC(=O)C1CCCCC1CN)c1cccs1. The topological polar surface area (TPSA) is 55.1 Å². The number of carbonyl (C=O) groups excluding carboxylic acids is 1. The van der Waals surface area contributed by atoms with E-state index >= 15 is 0 Å². The fourth-order valence-electron chi connectivity index (χ4n) is 3.13. The summed E-state index contributed by atoms with van der Waals surface area (Å²) in [6.07, 6.45) is 4.45. The summed E-state index contributed by atoms with van der Waals surface area (Å²) in [7, 11) is 0. The minimum atomic E-state index is 0.106. The van der Waals surface area contributed by atoms with Crippen LogP contribution in [0, 0.1) is 17.8 Å². The molecule has 20 heavy (non-hydrogen) atoms. The summed E-state index contributed by atoms with van der Waals surface area (Å²) in [6.45, 7) is 4.95. The maximum atomic E-state index is 12.6. The highest BCUT2D eigenvalue weighted by molar-refractivity contribution is 7.10. The van der Waals surface area contributed by atoms with Crippen molar-refractivity contribution in [3.8, 4) is 0 Å². The Balaban J connectivity index is 2.04. The third-order valence-electron chi connectivity index (χ3n) is 4.36. The minimum Gasteiger partial charge on any atom is -0.348 e. The largest absolute Gasteiger partial charge is 0.348 e. The van der Waals surface area contributed by atoms with Crippen LogP contribution < -0.4 is 11.1 Å². The van der Waals surface area contributed by atoms with Crippen molar-refractivity contribution >= 4 is 17.2 Å². The van der Waals surface area contributed by atoms with Gasteiger partial charge in [-0.2, -0.15) is 0 Å². The highest BCUT2D eigenvalue weighted by Gasteiger charge is 2.31. The van der Waals surface area contributed by atoms with Gasteiger partial charge in [0.15, 0.2) is 0 Å². The molecule has 112 valence electrons. The van der Waals surface area contributed by atoms with Crippen LogP contribution in [0.4, 0.5) is 0 Å². The third kappa shape index (κ3) is 3.61. The number of thiophene rings is 1. The first-order valence-corrected chi connectivity index (χ1v) is 8.55. The van der Waals surface area contributed by atoms with Crippen LogP contribution in [0.2, 0.25) is 0 Å². The number of amides is 1. The smallest absolute Gasteiger partial charge is 0.223 e.